The smallest absolute Gasteiger partial charge is 0.478 e. The molecule has 3 N–H and O–H groups in total. The van der Waals surface area contributed by atoms with Gasteiger partial charge in [-0.05, 0) is 0 Å². The largest absolute Gasteiger partial charge is 0.490 e. The zero-order valence-electron chi connectivity index (χ0n) is 11.4. The molecular formula is C10H11F6N3O4. The van der Waals surface area contributed by atoms with Gasteiger partial charge < -0.3 is 20.3 Å². The molecule has 1 heterocycles. The molecule has 0 aliphatic carbocycles. The van der Waals surface area contributed by atoms with Crippen molar-refractivity contribution in [3.8, 4) is 11.6 Å². The summed E-state index contributed by atoms with van der Waals surface area (Å²) in [6, 6.07) is 1.26. The van der Waals surface area contributed by atoms with E-state index in [0.29, 0.717) is 5.69 Å². The molecule has 23 heavy (non-hydrogen) atoms. The predicted octanol–water partition coefficient (Wildman–Crippen LogP) is 1.52. The van der Waals surface area contributed by atoms with Crippen LogP contribution in [0.25, 0.3) is 0 Å². The monoisotopic (exact) mass is 351 g/mol. The number of carbonyl (C=O) groups is 1. The molecule has 0 radical (unpaired) electrons. The summed E-state index contributed by atoms with van der Waals surface area (Å²) in [6.07, 6.45) is -9.50. The van der Waals surface area contributed by atoms with Crippen LogP contribution in [0.5, 0.6) is 11.6 Å². The lowest BCUT2D eigenvalue weighted by molar-refractivity contribution is -0.192. The summed E-state index contributed by atoms with van der Waals surface area (Å²) in [4.78, 5) is 8.90. The molecule has 1 aromatic heterocycles. The van der Waals surface area contributed by atoms with Crippen molar-refractivity contribution < 1.29 is 45.7 Å². The zero-order chi connectivity index (χ0) is 18.3. The standard InChI is InChI=1S/C8H10F3N3O2.C2HF3O2/c1-15-7-6(16-4-8(9,10)11)2-5(3-12)13-14-7;3-2(4,5)1(6)7/h2H,3-4,12H2,1H3;(H,6,7). The molecule has 0 spiro atoms. The summed E-state index contributed by atoms with van der Waals surface area (Å²) in [7, 11) is 1.26. The molecule has 0 saturated carbocycles. The number of carboxylic acids is 1. The number of rotatable bonds is 4. The Bertz CT molecular complexity index is 520. The molecule has 0 aromatic carbocycles. The summed E-state index contributed by atoms with van der Waals surface area (Å²) in [6.45, 7) is -1.36. The van der Waals surface area contributed by atoms with Gasteiger partial charge in [0.25, 0.3) is 5.88 Å². The number of methoxy groups -OCH3 is 1. The third-order valence-corrected chi connectivity index (χ3v) is 1.81. The first-order valence-corrected chi connectivity index (χ1v) is 5.51. The van der Waals surface area contributed by atoms with Crippen molar-refractivity contribution >= 4 is 5.97 Å². The lowest BCUT2D eigenvalue weighted by Crippen LogP contribution is -2.21. The van der Waals surface area contributed by atoms with Crippen molar-refractivity contribution in [2.75, 3.05) is 13.7 Å². The number of hydrogen-bond acceptors (Lipinski definition) is 6. The van der Waals surface area contributed by atoms with E-state index in [9.17, 15) is 26.3 Å². The van der Waals surface area contributed by atoms with E-state index in [1.165, 1.54) is 13.2 Å². The van der Waals surface area contributed by atoms with E-state index < -0.39 is 24.9 Å². The van der Waals surface area contributed by atoms with Crippen LogP contribution >= 0.6 is 0 Å². The summed E-state index contributed by atoms with van der Waals surface area (Å²) in [5.41, 5.74) is 5.59. The molecule has 0 bridgehead atoms. The maximum atomic E-state index is 11.9. The third-order valence-electron chi connectivity index (χ3n) is 1.81. The highest BCUT2D eigenvalue weighted by Crippen LogP contribution is 2.26. The molecule has 0 atom stereocenters. The van der Waals surface area contributed by atoms with Gasteiger partial charge in [-0.2, -0.15) is 31.4 Å². The van der Waals surface area contributed by atoms with Gasteiger partial charge in [0, 0.05) is 12.6 Å². The van der Waals surface area contributed by atoms with Crippen LogP contribution < -0.4 is 15.2 Å². The van der Waals surface area contributed by atoms with Gasteiger partial charge in [0.1, 0.15) is 0 Å². The molecule has 0 fully saturated rings. The molecule has 132 valence electrons. The van der Waals surface area contributed by atoms with E-state index in [4.69, 9.17) is 20.4 Å². The Morgan fingerprint density at radius 3 is 2.13 bits per heavy atom. The van der Waals surface area contributed by atoms with Crippen molar-refractivity contribution in [3.63, 3.8) is 0 Å². The predicted molar refractivity (Wildman–Crippen MR) is 61.7 cm³/mol. The lowest BCUT2D eigenvalue weighted by Gasteiger charge is -2.11. The van der Waals surface area contributed by atoms with Crippen molar-refractivity contribution in [1.29, 1.82) is 0 Å². The quantitative estimate of drug-likeness (QED) is 0.792. The summed E-state index contributed by atoms with van der Waals surface area (Å²) >= 11 is 0. The van der Waals surface area contributed by atoms with Crippen LogP contribution in [0.1, 0.15) is 5.69 Å². The van der Waals surface area contributed by atoms with Crippen molar-refractivity contribution in [2.24, 2.45) is 5.73 Å². The van der Waals surface area contributed by atoms with Crippen LogP contribution in [0.15, 0.2) is 6.07 Å². The third kappa shape index (κ3) is 8.65. The highest BCUT2D eigenvalue weighted by molar-refractivity contribution is 5.73. The van der Waals surface area contributed by atoms with Crippen LogP contribution in [-0.2, 0) is 11.3 Å². The number of hydrogen-bond donors (Lipinski definition) is 2. The zero-order valence-corrected chi connectivity index (χ0v) is 11.4. The lowest BCUT2D eigenvalue weighted by atomic mass is 10.3. The molecule has 0 aliphatic heterocycles. The number of alkyl halides is 6. The first-order chi connectivity index (χ1) is 10.4. The van der Waals surface area contributed by atoms with Gasteiger partial charge in [-0.15, -0.1) is 5.10 Å². The Hall–Kier alpha value is -2.31. The van der Waals surface area contributed by atoms with Gasteiger partial charge in [-0.25, -0.2) is 4.79 Å². The topological polar surface area (TPSA) is 108 Å². The fraction of sp³-hybridized carbons (Fsp3) is 0.500. The highest BCUT2D eigenvalue weighted by atomic mass is 19.4. The number of nitrogens with zero attached hydrogens (tertiary/aromatic N) is 2. The number of nitrogens with two attached hydrogens (primary N) is 1. The Labute approximate surface area is 125 Å². The first kappa shape index (κ1) is 20.7. The maximum absolute atomic E-state index is 11.9. The maximum Gasteiger partial charge on any atom is 0.490 e. The molecule has 0 saturated heterocycles. The van der Waals surface area contributed by atoms with Gasteiger partial charge in [-0.3, -0.25) is 0 Å². The van der Waals surface area contributed by atoms with Crippen LogP contribution in [0, 0.1) is 0 Å². The minimum absolute atomic E-state index is 0.0549. The first-order valence-electron chi connectivity index (χ1n) is 5.51. The molecule has 1 aromatic rings. The Morgan fingerprint density at radius 2 is 1.78 bits per heavy atom. The van der Waals surface area contributed by atoms with Crippen molar-refractivity contribution in [1.82, 2.24) is 10.2 Å². The molecular weight excluding hydrogens is 340 g/mol. The van der Waals surface area contributed by atoms with Gasteiger partial charge in [-0.1, -0.05) is 0 Å². The Morgan fingerprint density at radius 1 is 1.26 bits per heavy atom. The molecule has 0 amide bonds. The van der Waals surface area contributed by atoms with Crippen LogP contribution in [0.3, 0.4) is 0 Å². The number of carboxylic acid groups (broad SMARTS) is 1. The molecule has 7 nitrogen and oxygen atoms in total. The average molecular weight is 351 g/mol. The SMILES string of the molecule is COc1nnc(CN)cc1OCC(F)(F)F.O=C(O)C(F)(F)F. The summed E-state index contributed by atoms with van der Waals surface area (Å²) < 4.78 is 76.8. The van der Waals surface area contributed by atoms with Crippen molar-refractivity contribution in [3.05, 3.63) is 11.8 Å². The van der Waals surface area contributed by atoms with E-state index in [0.717, 1.165) is 0 Å². The van der Waals surface area contributed by atoms with Gasteiger partial charge in [0.2, 0.25) is 0 Å². The molecule has 0 unspecified atom stereocenters. The van der Waals surface area contributed by atoms with Gasteiger partial charge >= 0.3 is 18.3 Å². The van der Waals surface area contributed by atoms with E-state index in [1.54, 1.807) is 0 Å². The second kappa shape index (κ2) is 8.36. The number of aromatic nitrogens is 2. The minimum atomic E-state index is -5.08. The number of halogens is 6. The normalized spacial score (nSPS) is 11.3. The number of ether oxygens (including phenoxy) is 2. The summed E-state index contributed by atoms with van der Waals surface area (Å²) in [5.74, 6) is -3.00. The Balaban J connectivity index is 0.000000585. The fourth-order valence-corrected chi connectivity index (χ4v) is 0.905. The summed E-state index contributed by atoms with van der Waals surface area (Å²) in [5, 5.41) is 14.3. The number of aliphatic carboxylic acids is 1. The van der Waals surface area contributed by atoms with E-state index >= 15 is 0 Å². The van der Waals surface area contributed by atoms with E-state index in [1.807, 2.05) is 0 Å². The van der Waals surface area contributed by atoms with Crippen molar-refractivity contribution in [2.45, 2.75) is 18.9 Å². The van der Waals surface area contributed by atoms with Gasteiger partial charge in [0.15, 0.2) is 12.4 Å². The Kier molecular flexibility index (Phi) is 7.52. The average Bonchev–Trinajstić information content (AvgIpc) is 2.43. The molecule has 0 aliphatic rings. The van der Waals surface area contributed by atoms with E-state index in [-0.39, 0.29) is 18.2 Å². The van der Waals surface area contributed by atoms with Crippen LogP contribution in [0.4, 0.5) is 26.3 Å². The van der Waals surface area contributed by atoms with Gasteiger partial charge in [0.05, 0.1) is 12.8 Å². The minimum Gasteiger partial charge on any atom is -0.478 e. The van der Waals surface area contributed by atoms with Crippen LogP contribution in [-0.4, -0.2) is 47.3 Å². The molecule has 13 heteroatoms. The fourth-order valence-electron chi connectivity index (χ4n) is 0.905. The van der Waals surface area contributed by atoms with E-state index in [2.05, 4.69) is 14.9 Å². The second-order valence-electron chi connectivity index (χ2n) is 3.62. The highest BCUT2D eigenvalue weighted by Gasteiger charge is 2.38. The van der Waals surface area contributed by atoms with Crippen LogP contribution in [0.2, 0.25) is 0 Å². The second-order valence-corrected chi connectivity index (χ2v) is 3.62. The molecule has 1 rings (SSSR count).